The molecule has 3 N–H and O–H groups in total. The van der Waals surface area contributed by atoms with E-state index in [9.17, 15) is 4.79 Å². The van der Waals surface area contributed by atoms with Gasteiger partial charge in [0.1, 0.15) is 0 Å². The smallest absolute Gasteiger partial charge is 0.0519 e. The fourth-order valence-electron chi connectivity index (χ4n) is 2.12. The summed E-state index contributed by atoms with van der Waals surface area (Å²) < 4.78 is 1.50. The van der Waals surface area contributed by atoms with E-state index in [1.165, 1.54) is 78.3 Å². The molecule has 184 valence electrons. The zero-order chi connectivity index (χ0) is 24.0. The Morgan fingerprint density at radius 3 is 1.60 bits per heavy atom. The first-order valence-electron chi connectivity index (χ1n) is 11.3. The van der Waals surface area contributed by atoms with Gasteiger partial charge in [-0.25, -0.2) is 0 Å². The second-order valence-corrected chi connectivity index (χ2v) is 10.5. The van der Waals surface area contributed by atoms with Crippen LogP contribution in [0.4, 0.5) is 0 Å². The molecule has 4 nitrogen and oxygen atoms in total. The van der Waals surface area contributed by atoms with Crippen molar-refractivity contribution in [1.29, 1.82) is 0 Å². The summed E-state index contributed by atoms with van der Waals surface area (Å²) in [5, 5.41) is 23.7. The summed E-state index contributed by atoms with van der Waals surface area (Å²) in [5.74, 6) is 1.10. The van der Waals surface area contributed by atoms with E-state index in [0.29, 0.717) is 17.9 Å². The van der Waals surface area contributed by atoms with Gasteiger partial charge in [0.2, 0.25) is 0 Å². The van der Waals surface area contributed by atoms with Crippen LogP contribution >= 0.6 is 37.9 Å². The van der Waals surface area contributed by atoms with Crippen molar-refractivity contribution < 1.29 is 20.1 Å². The molecule has 8 heteroatoms. The van der Waals surface area contributed by atoms with Gasteiger partial charge in [0, 0.05) is 11.5 Å². The molecule has 1 unspecified atom stereocenters. The van der Waals surface area contributed by atoms with E-state index in [2.05, 4.69) is 58.7 Å². The number of carboxylic acids is 1. The summed E-state index contributed by atoms with van der Waals surface area (Å²) in [6.07, 6.45) is 14.0. The number of hydrogen-bond acceptors (Lipinski definition) is 6. The van der Waals surface area contributed by atoms with Crippen LogP contribution in [0.15, 0.2) is 0 Å². The summed E-state index contributed by atoms with van der Waals surface area (Å²) in [6.45, 7) is 7.05. The molecular weight excluding hydrogens is 543 g/mol. The minimum atomic E-state index is -0.799. The van der Waals surface area contributed by atoms with Gasteiger partial charge in [-0.15, -0.1) is 0 Å². The number of unbranched alkanes of at least 4 members (excludes halogenated alkanes) is 7. The van der Waals surface area contributed by atoms with E-state index >= 15 is 0 Å². The van der Waals surface area contributed by atoms with Crippen molar-refractivity contribution in [2.24, 2.45) is 5.92 Å². The Balaban J connectivity index is -0.000000171. The van der Waals surface area contributed by atoms with E-state index in [-0.39, 0.29) is 13.2 Å². The topological polar surface area (TPSA) is 77.8 Å². The molecule has 0 bridgehead atoms. The van der Waals surface area contributed by atoms with Crippen LogP contribution in [0.5, 0.6) is 0 Å². The molecule has 30 heavy (non-hydrogen) atoms. The van der Waals surface area contributed by atoms with Gasteiger partial charge >= 0.3 is 78.4 Å². The number of rotatable bonds is 15. The predicted molar refractivity (Wildman–Crippen MR) is 146 cm³/mol. The second kappa shape index (κ2) is 37.5. The summed E-state index contributed by atoms with van der Waals surface area (Å²) in [6, 6.07) is 0. The maximum absolute atomic E-state index is 10.4. The van der Waals surface area contributed by atoms with E-state index in [4.69, 9.17) is 15.3 Å². The Hall–Kier alpha value is 1.24. The normalized spacial score (nSPS) is 10.7. The van der Waals surface area contributed by atoms with E-state index in [0.717, 1.165) is 18.8 Å². The van der Waals surface area contributed by atoms with Crippen LogP contribution in [0.2, 0.25) is 4.44 Å². The number of thiol groups is 3. The van der Waals surface area contributed by atoms with Gasteiger partial charge in [-0.2, -0.15) is 37.9 Å². The maximum Gasteiger partial charge on any atom is 0.0519 e. The van der Waals surface area contributed by atoms with Gasteiger partial charge < -0.3 is 15.3 Å². The summed E-state index contributed by atoms with van der Waals surface area (Å²) in [5.41, 5.74) is 0. The third kappa shape index (κ3) is 51.7. The summed E-state index contributed by atoms with van der Waals surface area (Å²) in [7, 11) is 0. The minimum absolute atomic E-state index is 0.184. The molecule has 0 saturated carbocycles. The molecule has 0 aromatic heterocycles. The van der Waals surface area contributed by atoms with Crippen LogP contribution in [0.25, 0.3) is 0 Å². The number of aliphatic hydroxyl groups is 2. The van der Waals surface area contributed by atoms with E-state index in [1.54, 1.807) is 0 Å². The summed E-state index contributed by atoms with van der Waals surface area (Å²) >= 11 is 12.8. The molecule has 0 amide bonds. The van der Waals surface area contributed by atoms with E-state index in [1.807, 2.05) is 0 Å². The SMILES string of the molecule is CC(C)CCCCCC(S)C(=O)O.CCCCCCC[CH2][SnH].OCCS.OCCS. The molecule has 0 aliphatic carbocycles. The van der Waals surface area contributed by atoms with Crippen LogP contribution in [-0.2, 0) is 4.79 Å². The molecule has 1 atom stereocenters. The molecule has 0 aliphatic rings. The van der Waals surface area contributed by atoms with Crippen molar-refractivity contribution in [2.75, 3.05) is 24.7 Å². The zero-order valence-corrected chi connectivity index (χ0v) is 25.6. The molecule has 0 fully saturated rings. The minimum Gasteiger partial charge on any atom is -0.396 e. The van der Waals surface area contributed by atoms with Crippen molar-refractivity contribution in [3.8, 4) is 0 Å². The molecule has 0 aliphatic heterocycles. The Morgan fingerprint density at radius 1 is 0.833 bits per heavy atom. The largest absolute Gasteiger partial charge is 0.396 e. The Labute approximate surface area is 217 Å². The van der Waals surface area contributed by atoms with E-state index < -0.39 is 11.2 Å². The van der Waals surface area contributed by atoms with Gasteiger partial charge in [-0.05, 0) is 12.3 Å². The van der Waals surface area contributed by atoms with Crippen molar-refractivity contribution in [3.05, 3.63) is 0 Å². The zero-order valence-electron chi connectivity index (χ0n) is 19.6. The van der Waals surface area contributed by atoms with Crippen molar-refractivity contribution >= 4 is 66.4 Å². The number of carboxylic acid groups (broad SMARTS) is 1. The van der Waals surface area contributed by atoms with Crippen molar-refractivity contribution in [1.82, 2.24) is 0 Å². The fourth-order valence-corrected chi connectivity index (χ4v) is 3.12. The van der Waals surface area contributed by atoms with Gasteiger partial charge in [0.15, 0.2) is 0 Å². The Morgan fingerprint density at radius 2 is 1.23 bits per heavy atom. The number of aliphatic carboxylic acids is 1. The predicted octanol–water partition coefficient (Wildman–Crippen LogP) is 5.46. The third-order valence-corrected chi connectivity index (χ3v) is 5.85. The molecule has 0 rings (SSSR count). The van der Waals surface area contributed by atoms with Crippen LogP contribution in [-0.4, -0.2) is 73.8 Å². The van der Waals surface area contributed by atoms with Gasteiger partial charge in [-0.1, -0.05) is 39.5 Å². The molecule has 0 aromatic carbocycles. The Kier molecular flexibility index (Phi) is 48.2. The first-order valence-corrected chi connectivity index (χ1v) is 15.4. The fraction of sp³-hybridized carbons (Fsp3) is 0.955. The quantitative estimate of drug-likeness (QED) is 0.0867. The maximum atomic E-state index is 10.4. The Bertz CT molecular complexity index is 286. The molecule has 0 saturated heterocycles. The van der Waals surface area contributed by atoms with Gasteiger partial charge in [0.05, 0.1) is 18.5 Å². The number of hydrogen-bond donors (Lipinski definition) is 6. The first-order chi connectivity index (χ1) is 14.3. The van der Waals surface area contributed by atoms with Crippen LogP contribution < -0.4 is 0 Å². The second-order valence-electron chi connectivity index (χ2n) is 7.34. The van der Waals surface area contributed by atoms with Crippen LogP contribution in [0, 0.1) is 5.92 Å². The van der Waals surface area contributed by atoms with Crippen molar-refractivity contribution in [3.63, 3.8) is 0 Å². The average Bonchev–Trinajstić information content (AvgIpc) is 2.73. The van der Waals surface area contributed by atoms with Gasteiger partial charge in [0.25, 0.3) is 0 Å². The molecule has 0 spiro atoms. The van der Waals surface area contributed by atoms with Crippen molar-refractivity contribution in [2.45, 2.75) is 101 Å². The summed E-state index contributed by atoms with van der Waals surface area (Å²) in [4.78, 5) is 10.4. The molecule has 0 aromatic rings. The number of carbonyl (C=O) groups is 1. The van der Waals surface area contributed by atoms with Gasteiger partial charge in [-0.3, -0.25) is 4.79 Å². The average molecular weight is 594 g/mol. The first kappa shape index (κ1) is 38.5. The molecule has 2 radical (unpaired) electrons. The monoisotopic (exact) mass is 594 g/mol. The third-order valence-electron chi connectivity index (χ3n) is 3.80. The standard InChI is InChI=1S/C10H20O2S.C8H17.2C2H6OS.Sn.H/c1-8(2)6-4-3-5-7-9(13)10(11)12;1-3-5-7-8-6-4-2;2*3-1-2-4;;/h8-9,13H,3-7H2,1-2H3,(H,11,12);1,3-8H2,2H3;2*3-4H,1-2H2;;. The molecular formula is C22H50O4S3Sn. The molecule has 0 heterocycles. The van der Waals surface area contributed by atoms with Crippen LogP contribution in [0.1, 0.15) is 91.4 Å². The van der Waals surface area contributed by atoms with Crippen LogP contribution in [0.3, 0.4) is 0 Å². The number of aliphatic hydroxyl groups excluding tert-OH is 2.